The molecular formula is C18H36ClNO2. The number of halogens is 1. The van der Waals surface area contributed by atoms with Gasteiger partial charge in [0.05, 0.1) is 5.41 Å². The van der Waals surface area contributed by atoms with E-state index in [1.165, 1.54) is 19.3 Å². The summed E-state index contributed by atoms with van der Waals surface area (Å²) in [7, 11) is 0. The van der Waals surface area contributed by atoms with E-state index in [1.807, 2.05) is 0 Å². The van der Waals surface area contributed by atoms with Crippen molar-refractivity contribution in [3.8, 4) is 0 Å². The van der Waals surface area contributed by atoms with Crippen LogP contribution in [0.3, 0.4) is 0 Å². The number of ether oxygens (including phenoxy) is 1. The van der Waals surface area contributed by atoms with Gasteiger partial charge in [0.25, 0.3) is 0 Å². The highest BCUT2D eigenvalue weighted by Gasteiger charge is 2.40. The van der Waals surface area contributed by atoms with Gasteiger partial charge in [0, 0.05) is 6.54 Å². The van der Waals surface area contributed by atoms with E-state index in [0.29, 0.717) is 12.5 Å². The van der Waals surface area contributed by atoms with Gasteiger partial charge in [-0.1, -0.05) is 47.0 Å². The average molecular weight is 334 g/mol. The van der Waals surface area contributed by atoms with Crippen molar-refractivity contribution in [3.05, 3.63) is 0 Å². The maximum absolute atomic E-state index is 12.7. The lowest BCUT2D eigenvalue weighted by atomic mass is 9.70. The number of nitrogens with zero attached hydrogens (tertiary/aromatic N) is 1. The van der Waals surface area contributed by atoms with E-state index in [0.717, 1.165) is 45.3 Å². The molecule has 0 aromatic rings. The second-order valence-corrected chi connectivity index (χ2v) is 6.94. The summed E-state index contributed by atoms with van der Waals surface area (Å²) in [4.78, 5) is 15.0. The second-order valence-electron chi connectivity index (χ2n) is 6.94. The Bertz CT molecular complexity index is 297. The molecule has 0 heterocycles. The number of carbonyl (C=O) groups is 1. The van der Waals surface area contributed by atoms with E-state index in [-0.39, 0.29) is 23.8 Å². The van der Waals surface area contributed by atoms with Crippen LogP contribution >= 0.6 is 12.4 Å². The maximum Gasteiger partial charge on any atom is 0.312 e. The molecule has 0 atom stereocenters. The van der Waals surface area contributed by atoms with Gasteiger partial charge >= 0.3 is 5.97 Å². The molecule has 0 spiro atoms. The van der Waals surface area contributed by atoms with Crippen LogP contribution < -0.4 is 0 Å². The summed E-state index contributed by atoms with van der Waals surface area (Å²) in [6.45, 7) is 12.2. The molecule has 0 aromatic heterocycles. The molecule has 4 heteroatoms. The molecule has 0 aromatic carbocycles. The van der Waals surface area contributed by atoms with Crippen molar-refractivity contribution in [2.45, 2.75) is 72.6 Å². The zero-order valence-electron chi connectivity index (χ0n) is 15.0. The van der Waals surface area contributed by atoms with E-state index < -0.39 is 0 Å². The van der Waals surface area contributed by atoms with Crippen molar-refractivity contribution in [3.63, 3.8) is 0 Å². The summed E-state index contributed by atoms with van der Waals surface area (Å²) < 4.78 is 5.67. The van der Waals surface area contributed by atoms with Crippen LogP contribution in [-0.4, -0.2) is 37.1 Å². The molecule has 0 aliphatic heterocycles. The zero-order chi connectivity index (χ0) is 15.7. The fraction of sp³-hybridized carbons (Fsp3) is 0.944. The van der Waals surface area contributed by atoms with Crippen molar-refractivity contribution < 1.29 is 9.53 Å². The summed E-state index contributed by atoms with van der Waals surface area (Å²) in [5.74, 6) is 0.738. The lowest BCUT2D eigenvalue weighted by molar-refractivity contribution is -0.159. The Hall–Kier alpha value is -0.280. The van der Waals surface area contributed by atoms with Crippen LogP contribution in [0.5, 0.6) is 0 Å². The fourth-order valence-electron chi connectivity index (χ4n) is 3.31. The Morgan fingerprint density at radius 2 is 1.73 bits per heavy atom. The number of hydrogen-bond donors (Lipinski definition) is 0. The van der Waals surface area contributed by atoms with E-state index in [9.17, 15) is 4.79 Å². The van der Waals surface area contributed by atoms with Gasteiger partial charge in [-0.2, -0.15) is 0 Å². The normalized spacial score (nSPS) is 17.4. The van der Waals surface area contributed by atoms with Gasteiger partial charge in [0.2, 0.25) is 0 Å². The summed E-state index contributed by atoms with van der Waals surface area (Å²) in [6, 6.07) is 0. The smallest absolute Gasteiger partial charge is 0.312 e. The Balaban J connectivity index is 0.00000441. The summed E-state index contributed by atoms with van der Waals surface area (Å²) in [5.41, 5.74) is -0.175. The van der Waals surface area contributed by atoms with Gasteiger partial charge in [0.1, 0.15) is 6.61 Å². The largest absolute Gasteiger partial charge is 0.464 e. The molecule has 22 heavy (non-hydrogen) atoms. The minimum absolute atomic E-state index is 0. The lowest BCUT2D eigenvalue weighted by Crippen LogP contribution is -2.37. The first-order valence-electron chi connectivity index (χ1n) is 8.93. The summed E-state index contributed by atoms with van der Waals surface area (Å²) >= 11 is 0. The molecule has 0 saturated heterocycles. The first kappa shape index (κ1) is 21.7. The molecule has 132 valence electrons. The van der Waals surface area contributed by atoms with E-state index in [2.05, 4.69) is 32.6 Å². The number of esters is 1. The third-order valence-electron chi connectivity index (χ3n) is 4.98. The Morgan fingerprint density at radius 3 is 2.23 bits per heavy atom. The van der Waals surface area contributed by atoms with E-state index in [4.69, 9.17) is 4.74 Å². The number of likely N-dealkylation sites (N-methyl/N-ethyl adjacent to an activating group) is 1. The van der Waals surface area contributed by atoms with Crippen LogP contribution in [0.1, 0.15) is 72.6 Å². The minimum atomic E-state index is -0.175. The highest BCUT2D eigenvalue weighted by Crippen LogP contribution is 2.42. The highest BCUT2D eigenvalue weighted by atomic mass is 35.5. The first-order chi connectivity index (χ1) is 10.0. The molecule has 0 bridgehead atoms. The van der Waals surface area contributed by atoms with E-state index >= 15 is 0 Å². The standard InChI is InChI=1S/C18H35NO2.ClH/c1-5-19(6-2)14-15-21-17(20)18(13-10-16(3)4)11-8-7-9-12-18;/h16H,5-15H2,1-4H3;1H. The average Bonchev–Trinajstić information content (AvgIpc) is 2.50. The van der Waals surface area contributed by atoms with Gasteiger partial charge in [-0.15, -0.1) is 12.4 Å². The summed E-state index contributed by atoms with van der Waals surface area (Å²) in [5, 5.41) is 0. The Labute approximate surface area is 143 Å². The Morgan fingerprint density at radius 1 is 1.14 bits per heavy atom. The minimum Gasteiger partial charge on any atom is -0.464 e. The van der Waals surface area contributed by atoms with Gasteiger partial charge in [0.15, 0.2) is 0 Å². The monoisotopic (exact) mass is 333 g/mol. The SMILES string of the molecule is CCN(CC)CCOC(=O)C1(CCC(C)C)CCCCC1.Cl. The van der Waals surface area contributed by atoms with Crippen molar-refractivity contribution in [2.75, 3.05) is 26.2 Å². The molecule has 0 radical (unpaired) electrons. The van der Waals surface area contributed by atoms with Crippen LogP contribution in [0.15, 0.2) is 0 Å². The van der Waals surface area contributed by atoms with Crippen molar-refractivity contribution in [1.82, 2.24) is 4.90 Å². The van der Waals surface area contributed by atoms with Crippen LogP contribution in [0.25, 0.3) is 0 Å². The molecule has 1 fully saturated rings. The van der Waals surface area contributed by atoms with Crippen molar-refractivity contribution in [2.24, 2.45) is 11.3 Å². The predicted molar refractivity (Wildman–Crippen MR) is 95.6 cm³/mol. The van der Waals surface area contributed by atoms with Gasteiger partial charge in [-0.25, -0.2) is 0 Å². The van der Waals surface area contributed by atoms with Crippen molar-refractivity contribution >= 4 is 18.4 Å². The van der Waals surface area contributed by atoms with Crippen molar-refractivity contribution in [1.29, 1.82) is 0 Å². The molecule has 1 aliphatic carbocycles. The van der Waals surface area contributed by atoms with Crippen LogP contribution in [0, 0.1) is 11.3 Å². The van der Waals surface area contributed by atoms with Crippen LogP contribution in [0.2, 0.25) is 0 Å². The lowest BCUT2D eigenvalue weighted by Gasteiger charge is -2.35. The topological polar surface area (TPSA) is 29.5 Å². The number of carbonyl (C=O) groups excluding carboxylic acids is 1. The quantitative estimate of drug-likeness (QED) is 0.574. The number of rotatable bonds is 9. The van der Waals surface area contributed by atoms with Crippen LogP contribution in [-0.2, 0) is 9.53 Å². The summed E-state index contributed by atoms with van der Waals surface area (Å²) in [6.07, 6.45) is 7.84. The Kier molecular flexibility index (Phi) is 11.1. The van der Waals surface area contributed by atoms with Crippen LogP contribution in [0.4, 0.5) is 0 Å². The third-order valence-corrected chi connectivity index (χ3v) is 4.98. The number of hydrogen-bond acceptors (Lipinski definition) is 3. The predicted octanol–water partition coefficient (Wildman–Crippen LogP) is 4.68. The second kappa shape index (κ2) is 11.3. The molecule has 0 amide bonds. The molecule has 1 rings (SSSR count). The van der Waals surface area contributed by atoms with Gasteiger partial charge in [-0.05, 0) is 44.7 Å². The molecular weight excluding hydrogens is 298 g/mol. The van der Waals surface area contributed by atoms with E-state index in [1.54, 1.807) is 0 Å². The molecule has 3 nitrogen and oxygen atoms in total. The third kappa shape index (κ3) is 6.87. The highest BCUT2D eigenvalue weighted by molar-refractivity contribution is 5.85. The molecule has 1 aliphatic rings. The molecule has 1 saturated carbocycles. The maximum atomic E-state index is 12.7. The molecule has 0 N–H and O–H groups in total. The zero-order valence-corrected chi connectivity index (χ0v) is 15.8. The van der Waals surface area contributed by atoms with Gasteiger partial charge < -0.3 is 9.64 Å². The molecule has 0 unspecified atom stereocenters. The van der Waals surface area contributed by atoms with Gasteiger partial charge in [-0.3, -0.25) is 4.79 Å². The fourth-order valence-corrected chi connectivity index (χ4v) is 3.31. The first-order valence-corrected chi connectivity index (χ1v) is 8.93.